The van der Waals surface area contributed by atoms with Gasteiger partial charge in [0.15, 0.2) is 5.82 Å². The summed E-state index contributed by atoms with van der Waals surface area (Å²) in [6, 6.07) is 11.9. The number of benzene rings is 1. The van der Waals surface area contributed by atoms with E-state index in [9.17, 15) is 0 Å². The number of rotatable bonds is 4. The van der Waals surface area contributed by atoms with E-state index in [-0.39, 0.29) is 6.04 Å². The topological polar surface area (TPSA) is 66.7 Å². The maximum Gasteiger partial charge on any atom is 0.183 e. The van der Waals surface area contributed by atoms with Gasteiger partial charge in [0.2, 0.25) is 0 Å². The van der Waals surface area contributed by atoms with Crippen LogP contribution in [-0.4, -0.2) is 15.2 Å². The van der Waals surface area contributed by atoms with Gasteiger partial charge in [-0.15, -0.1) is 0 Å². The molecule has 0 aliphatic rings. The first-order chi connectivity index (χ1) is 9.74. The van der Waals surface area contributed by atoms with E-state index in [4.69, 9.17) is 4.42 Å². The Morgan fingerprint density at radius 3 is 2.75 bits per heavy atom. The molecular formula is C15H16N4O. The van der Waals surface area contributed by atoms with Crippen LogP contribution in [0.25, 0.3) is 11.4 Å². The van der Waals surface area contributed by atoms with Gasteiger partial charge in [-0.25, -0.2) is 4.98 Å². The van der Waals surface area contributed by atoms with Crippen LogP contribution in [0.1, 0.15) is 24.6 Å². The number of aryl methyl sites for hydroxylation is 1. The third kappa shape index (κ3) is 2.42. The van der Waals surface area contributed by atoms with E-state index in [1.165, 1.54) is 0 Å². The second-order valence-electron chi connectivity index (χ2n) is 4.67. The highest BCUT2D eigenvalue weighted by molar-refractivity contribution is 5.73. The Morgan fingerprint density at radius 1 is 1.20 bits per heavy atom. The fraction of sp³-hybridized carbons (Fsp3) is 0.200. The lowest BCUT2D eigenvalue weighted by molar-refractivity contribution is 0.490. The second-order valence-corrected chi connectivity index (χ2v) is 4.67. The number of aromatic amines is 1. The van der Waals surface area contributed by atoms with Crippen molar-refractivity contribution in [3.63, 3.8) is 0 Å². The highest BCUT2D eigenvalue weighted by Crippen LogP contribution is 2.28. The lowest BCUT2D eigenvalue weighted by atomic mass is 10.1. The number of H-pyrrole nitrogens is 1. The van der Waals surface area contributed by atoms with Crippen molar-refractivity contribution in [3.8, 4) is 11.4 Å². The summed E-state index contributed by atoms with van der Waals surface area (Å²) in [4.78, 5) is 4.38. The average Bonchev–Trinajstić information content (AvgIpc) is 3.10. The van der Waals surface area contributed by atoms with Crippen molar-refractivity contribution in [2.45, 2.75) is 19.9 Å². The summed E-state index contributed by atoms with van der Waals surface area (Å²) in [6.07, 6.45) is 1.68. The zero-order valence-electron chi connectivity index (χ0n) is 11.4. The normalized spacial score (nSPS) is 12.3. The first kappa shape index (κ1) is 12.5. The number of para-hydroxylation sites is 1. The number of nitrogens with one attached hydrogen (secondary N) is 2. The lowest BCUT2D eigenvalue weighted by Gasteiger charge is -2.15. The van der Waals surface area contributed by atoms with Crippen LogP contribution in [0.5, 0.6) is 0 Å². The van der Waals surface area contributed by atoms with E-state index >= 15 is 0 Å². The Kier molecular flexibility index (Phi) is 3.25. The van der Waals surface area contributed by atoms with Crippen molar-refractivity contribution in [3.05, 3.63) is 54.2 Å². The average molecular weight is 268 g/mol. The summed E-state index contributed by atoms with van der Waals surface area (Å²) in [6.45, 7) is 3.94. The standard InChI is InChI=1S/C15H16N4O/c1-10(14-8-5-9-20-14)16-13-7-4-3-6-12(13)15-17-11(2)18-19-15/h3-10,16H,1-2H3,(H,17,18,19). The number of hydrogen-bond donors (Lipinski definition) is 2. The molecule has 0 saturated carbocycles. The molecule has 3 rings (SSSR count). The number of furan rings is 1. The molecule has 2 heterocycles. The van der Waals surface area contributed by atoms with Gasteiger partial charge in [0, 0.05) is 11.3 Å². The van der Waals surface area contributed by atoms with Gasteiger partial charge in [0.05, 0.1) is 12.3 Å². The Balaban J connectivity index is 1.90. The van der Waals surface area contributed by atoms with Crippen molar-refractivity contribution in [1.82, 2.24) is 15.2 Å². The zero-order chi connectivity index (χ0) is 13.9. The molecule has 0 amide bonds. The van der Waals surface area contributed by atoms with E-state index < -0.39 is 0 Å². The van der Waals surface area contributed by atoms with Gasteiger partial charge >= 0.3 is 0 Å². The summed E-state index contributed by atoms with van der Waals surface area (Å²) in [5.74, 6) is 2.39. The highest BCUT2D eigenvalue weighted by Gasteiger charge is 2.13. The summed E-state index contributed by atoms with van der Waals surface area (Å²) in [5.41, 5.74) is 1.95. The molecule has 1 aromatic carbocycles. The minimum atomic E-state index is 0.0752. The predicted molar refractivity (Wildman–Crippen MR) is 77.3 cm³/mol. The quantitative estimate of drug-likeness (QED) is 0.759. The third-order valence-corrected chi connectivity index (χ3v) is 3.11. The van der Waals surface area contributed by atoms with Gasteiger partial charge in [-0.2, -0.15) is 5.10 Å². The maximum atomic E-state index is 5.42. The van der Waals surface area contributed by atoms with Crippen LogP contribution in [0.2, 0.25) is 0 Å². The highest BCUT2D eigenvalue weighted by atomic mass is 16.3. The molecule has 0 bridgehead atoms. The van der Waals surface area contributed by atoms with Gasteiger partial charge in [-0.3, -0.25) is 5.10 Å². The van der Waals surface area contributed by atoms with Crippen LogP contribution in [0, 0.1) is 6.92 Å². The molecule has 20 heavy (non-hydrogen) atoms. The number of anilines is 1. The zero-order valence-corrected chi connectivity index (χ0v) is 11.4. The Hall–Kier alpha value is -2.56. The molecule has 0 aliphatic heterocycles. The van der Waals surface area contributed by atoms with E-state index in [1.807, 2.05) is 43.3 Å². The first-order valence-corrected chi connectivity index (χ1v) is 6.52. The molecule has 3 aromatic rings. The predicted octanol–water partition coefficient (Wildman–Crippen LogP) is 3.55. The third-order valence-electron chi connectivity index (χ3n) is 3.11. The van der Waals surface area contributed by atoms with Crippen molar-refractivity contribution in [2.75, 3.05) is 5.32 Å². The van der Waals surface area contributed by atoms with Crippen molar-refractivity contribution >= 4 is 5.69 Å². The van der Waals surface area contributed by atoms with E-state index in [0.717, 1.165) is 22.8 Å². The molecule has 1 atom stereocenters. The van der Waals surface area contributed by atoms with Gasteiger partial charge < -0.3 is 9.73 Å². The van der Waals surface area contributed by atoms with Gasteiger partial charge in [-0.1, -0.05) is 12.1 Å². The molecule has 0 spiro atoms. The minimum absolute atomic E-state index is 0.0752. The van der Waals surface area contributed by atoms with Crippen LogP contribution < -0.4 is 5.32 Å². The smallest absolute Gasteiger partial charge is 0.183 e. The summed E-state index contributed by atoms with van der Waals surface area (Å²) in [7, 11) is 0. The molecule has 2 N–H and O–H groups in total. The van der Waals surface area contributed by atoms with E-state index in [0.29, 0.717) is 5.82 Å². The summed E-state index contributed by atoms with van der Waals surface area (Å²) < 4.78 is 5.42. The number of aromatic nitrogens is 3. The molecule has 0 saturated heterocycles. The van der Waals surface area contributed by atoms with E-state index in [2.05, 4.69) is 27.4 Å². The molecule has 2 aromatic heterocycles. The molecule has 5 heteroatoms. The minimum Gasteiger partial charge on any atom is -0.467 e. The Morgan fingerprint density at radius 2 is 2.05 bits per heavy atom. The van der Waals surface area contributed by atoms with Crippen molar-refractivity contribution in [2.24, 2.45) is 0 Å². The Bertz CT molecular complexity index is 687. The van der Waals surface area contributed by atoms with Crippen LogP contribution in [-0.2, 0) is 0 Å². The number of hydrogen-bond acceptors (Lipinski definition) is 4. The van der Waals surface area contributed by atoms with Crippen molar-refractivity contribution < 1.29 is 4.42 Å². The Labute approximate surface area is 117 Å². The fourth-order valence-electron chi connectivity index (χ4n) is 2.11. The van der Waals surface area contributed by atoms with Crippen LogP contribution in [0.15, 0.2) is 47.1 Å². The maximum absolute atomic E-state index is 5.42. The van der Waals surface area contributed by atoms with Gasteiger partial charge in [0.1, 0.15) is 11.6 Å². The lowest BCUT2D eigenvalue weighted by Crippen LogP contribution is -2.06. The summed E-state index contributed by atoms with van der Waals surface area (Å²) >= 11 is 0. The SMILES string of the molecule is Cc1nc(-c2ccccc2NC(C)c2ccco2)n[nH]1. The molecule has 0 aliphatic carbocycles. The fourth-order valence-corrected chi connectivity index (χ4v) is 2.11. The monoisotopic (exact) mass is 268 g/mol. The number of nitrogens with zero attached hydrogens (tertiary/aromatic N) is 2. The van der Waals surface area contributed by atoms with Gasteiger partial charge in [0.25, 0.3) is 0 Å². The molecule has 102 valence electrons. The molecule has 5 nitrogen and oxygen atoms in total. The van der Waals surface area contributed by atoms with E-state index in [1.54, 1.807) is 6.26 Å². The van der Waals surface area contributed by atoms with Crippen LogP contribution >= 0.6 is 0 Å². The molecule has 1 unspecified atom stereocenters. The molecular weight excluding hydrogens is 252 g/mol. The van der Waals surface area contributed by atoms with Gasteiger partial charge in [-0.05, 0) is 38.1 Å². The molecule has 0 fully saturated rings. The summed E-state index contributed by atoms with van der Waals surface area (Å²) in [5, 5.41) is 10.5. The second kappa shape index (κ2) is 5.21. The first-order valence-electron chi connectivity index (χ1n) is 6.52. The largest absolute Gasteiger partial charge is 0.467 e. The molecule has 0 radical (unpaired) electrons. The van der Waals surface area contributed by atoms with Crippen LogP contribution in [0.3, 0.4) is 0 Å². The van der Waals surface area contributed by atoms with Crippen molar-refractivity contribution in [1.29, 1.82) is 0 Å². The van der Waals surface area contributed by atoms with Crippen LogP contribution in [0.4, 0.5) is 5.69 Å².